The van der Waals surface area contributed by atoms with Gasteiger partial charge in [0.05, 0.1) is 0 Å². The number of hydrogen-bond acceptors (Lipinski definition) is 5. The fourth-order valence-electron chi connectivity index (χ4n) is 2.76. The summed E-state index contributed by atoms with van der Waals surface area (Å²) < 4.78 is 5.41. The Hall–Kier alpha value is -3.47. The summed E-state index contributed by atoms with van der Waals surface area (Å²) in [5.74, 6) is 1.12. The molecule has 0 aliphatic rings. The minimum atomic E-state index is 0.527. The Morgan fingerprint density at radius 3 is 2.65 bits per heavy atom. The van der Waals surface area contributed by atoms with Crippen LogP contribution in [0.5, 0.6) is 0 Å². The van der Waals surface area contributed by atoms with Gasteiger partial charge in [0.15, 0.2) is 0 Å². The third-order valence-electron chi connectivity index (χ3n) is 4.13. The lowest BCUT2D eigenvalue weighted by molar-refractivity contribution is 0.432. The highest BCUT2D eigenvalue weighted by atomic mass is 16.5. The summed E-state index contributed by atoms with van der Waals surface area (Å²) in [5, 5.41) is 7.54. The number of aromatic nitrogens is 3. The molecule has 0 aliphatic heterocycles. The van der Waals surface area contributed by atoms with E-state index in [2.05, 4.69) is 26.5 Å². The number of rotatable bonds is 5. The lowest BCUT2D eigenvalue weighted by atomic mass is 10.1. The zero-order chi connectivity index (χ0) is 17.8. The van der Waals surface area contributed by atoms with E-state index >= 15 is 0 Å². The van der Waals surface area contributed by atoms with Gasteiger partial charge in [0.1, 0.15) is 0 Å². The fraction of sp³-hybridized carbons (Fsp3) is 0.0952. The zero-order valence-corrected chi connectivity index (χ0v) is 14.4. The molecule has 0 aliphatic carbocycles. The van der Waals surface area contributed by atoms with Crippen molar-refractivity contribution in [1.82, 2.24) is 15.1 Å². The molecule has 1 N–H and O–H groups in total. The molecule has 26 heavy (non-hydrogen) atoms. The zero-order valence-electron chi connectivity index (χ0n) is 14.4. The molecular weight excluding hydrogens is 324 g/mol. The van der Waals surface area contributed by atoms with Gasteiger partial charge in [-0.1, -0.05) is 29.4 Å². The van der Waals surface area contributed by atoms with Crippen molar-refractivity contribution in [2.45, 2.75) is 13.5 Å². The highest BCUT2D eigenvalue weighted by Gasteiger charge is 2.12. The first-order valence-corrected chi connectivity index (χ1v) is 8.42. The van der Waals surface area contributed by atoms with Crippen molar-refractivity contribution in [3.63, 3.8) is 0 Å². The second-order valence-corrected chi connectivity index (χ2v) is 6.03. The van der Waals surface area contributed by atoms with Crippen LogP contribution >= 0.6 is 0 Å². The standard InChI is InChI=1S/C21H18N4O/c1-15-12-18(23-14-16-6-5-11-22-13-16)9-10-19(15)20-24-21(26-25-20)17-7-3-2-4-8-17/h2-13,23H,14H2,1H3. The average Bonchev–Trinajstić information content (AvgIpc) is 3.18. The summed E-state index contributed by atoms with van der Waals surface area (Å²) >= 11 is 0. The van der Waals surface area contributed by atoms with Crippen molar-refractivity contribution in [1.29, 1.82) is 0 Å². The molecule has 0 amide bonds. The van der Waals surface area contributed by atoms with Crippen LogP contribution in [0.2, 0.25) is 0 Å². The third-order valence-corrected chi connectivity index (χ3v) is 4.13. The summed E-state index contributed by atoms with van der Waals surface area (Å²) in [6.45, 7) is 2.77. The van der Waals surface area contributed by atoms with E-state index in [9.17, 15) is 0 Å². The predicted octanol–water partition coefficient (Wildman–Crippen LogP) is 4.72. The summed E-state index contributed by atoms with van der Waals surface area (Å²) in [4.78, 5) is 8.66. The fourth-order valence-corrected chi connectivity index (χ4v) is 2.76. The number of anilines is 1. The van der Waals surface area contributed by atoms with Crippen LogP contribution in [0.15, 0.2) is 77.6 Å². The Labute approximate surface area is 151 Å². The summed E-state index contributed by atoms with van der Waals surface area (Å²) in [6.07, 6.45) is 3.63. The molecule has 0 spiro atoms. The van der Waals surface area contributed by atoms with Crippen LogP contribution in [0.4, 0.5) is 5.69 Å². The van der Waals surface area contributed by atoms with Gasteiger partial charge in [-0.3, -0.25) is 4.98 Å². The second kappa shape index (κ2) is 7.19. The molecule has 0 saturated heterocycles. The second-order valence-electron chi connectivity index (χ2n) is 6.03. The number of benzene rings is 2. The number of nitrogens with zero attached hydrogens (tertiary/aromatic N) is 3. The molecule has 0 unspecified atom stereocenters. The number of hydrogen-bond donors (Lipinski definition) is 1. The van der Waals surface area contributed by atoms with Crippen LogP contribution < -0.4 is 5.32 Å². The largest absolute Gasteiger partial charge is 0.381 e. The van der Waals surface area contributed by atoms with Crippen LogP contribution in [-0.2, 0) is 6.54 Å². The topological polar surface area (TPSA) is 63.8 Å². The minimum Gasteiger partial charge on any atom is -0.381 e. The van der Waals surface area contributed by atoms with Gasteiger partial charge in [0.25, 0.3) is 5.89 Å². The maximum absolute atomic E-state index is 5.41. The van der Waals surface area contributed by atoms with Crippen molar-refractivity contribution in [2.24, 2.45) is 0 Å². The van der Waals surface area contributed by atoms with E-state index in [-0.39, 0.29) is 0 Å². The predicted molar refractivity (Wildman–Crippen MR) is 101 cm³/mol. The van der Waals surface area contributed by atoms with Crippen molar-refractivity contribution in [2.75, 3.05) is 5.32 Å². The Bertz CT molecular complexity index is 997. The Morgan fingerprint density at radius 2 is 1.88 bits per heavy atom. The molecule has 128 valence electrons. The van der Waals surface area contributed by atoms with Crippen LogP contribution in [0.1, 0.15) is 11.1 Å². The van der Waals surface area contributed by atoms with Gasteiger partial charge >= 0.3 is 0 Å². The highest BCUT2D eigenvalue weighted by Crippen LogP contribution is 2.26. The third kappa shape index (κ3) is 3.47. The molecule has 0 saturated carbocycles. The van der Waals surface area contributed by atoms with E-state index < -0.39 is 0 Å². The molecule has 2 aromatic heterocycles. The SMILES string of the molecule is Cc1cc(NCc2cccnc2)ccc1-c1noc(-c2ccccc2)n1. The van der Waals surface area contributed by atoms with E-state index in [0.717, 1.165) is 34.5 Å². The normalized spacial score (nSPS) is 10.7. The van der Waals surface area contributed by atoms with Crippen LogP contribution in [-0.4, -0.2) is 15.1 Å². The van der Waals surface area contributed by atoms with Gasteiger partial charge in [-0.15, -0.1) is 0 Å². The van der Waals surface area contributed by atoms with E-state index in [1.54, 1.807) is 6.20 Å². The van der Waals surface area contributed by atoms with Crippen LogP contribution in [0.3, 0.4) is 0 Å². The van der Waals surface area contributed by atoms with Crippen LogP contribution in [0.25, 0.3) is 22.8 Å². The first-order chi connectivity index (χ1) is 12.8. The molecule has 4 aromatic rings. The quantitative estimate of drug-likeness (QED) is 0.568. The van der Waals surface area contributed by atoms with E-state index in [0.29, 0.717) is 11.7 Å². The number of aryl methyl sites for hydroxylation is 1. The average molecular weight is 342 g/mol. The van der Waals surface area contributed by atoms with Crippen molar-refractivity contribution >= 4 is 5.69 Å². The smallest absolute Gasteiger partial charge is 0.258 e. The van der Waals surface area contributed by atoms with Gasteiger partial charge in [-0.05, 0) is 54.4 Å². The molecule has 0 fully saturated rings. The molecule has 0 bridgehead atoms. The Balaban J connectivity index is 1.52. The minimum absolute atomic E-state index is 0.527. The first-order valence-electron chi connectivity index (χ1n) is 8.42. The van der Waals surface area contributed by atoms with Crippen molar-refractivity contribution in [3.05, 3.63) is 84.2 Å². The summed E-state index contributed by atoms with van der Waals surface area (Å²) in [7, 11) is 0. The molecule has 5 heteroatoms. The van der Waals surface area contributed by atoms with Gasteiger partial charge < -0.3 is 9.84 Å². The molecule has 2 heterocycles. The van der Waals surface area contributed by atoms with Gasteiger partial charge in [0, 0.05) is 35.8 Å². The summed E-state index contributed by atoms with van der Waals surface area (Å²) in [5.41, 5.74) is 5.14. The molecule has 0 radical (unpaired) electrons. The highest BCUT2D eigenvalue weighted by molar-refractivity contribution is 5.66. The number of pyridine rings is 1. The Kier molecular flexibility index (Phi) is 4.43. The summed E-state index contributed by atoms with van der Waals surface area (Å²) in [6, 6.07) is 19.9. The monoisotopic (exact) mass is 342 g/mol. The lowest BCUT2D eigenvalue weighted by Crippen LogP contribution is -2.00. The maximum atomic E-state index is 5.41. The molecule has 4 rings (SSSR count). The van der Waals surface area contributed by atoms with Crippen LogP contribution in [0, 0.1) is 6.92 Å². The van der Waals surface area contributed by atoms with Crippen molar-refractivity contribution in [3.8, 4) is 22.8 Å². The molecule has 2 aromatic carbocycles. The maximum Gasteiger partial charge on any atom is 0.258 e. The molecular formula is C21H18N4O. The van der Waals surface area contributed by atoms with E-state index in [1.165, 1.54) is 0 Å². The lowest BCUT2D eigenvalue weighted by Gasteiger charge is -2.09. The van der Waals surface area contributed by atoms with E-state index in [4.69, 9.17) is 4.52 Å². The van der Waals surface area contributed by atoms with Gasteiger partial charge in [-0.2, -0.15) is 4.98 Å². The Morgan fingerprint density at radius 1 is 1.00 bits per heavy atom. The first kappa shape index (κ1) is 16.0. The van der Waals surface area contributed by atoms with Gasteiger partial charge in [0.2, 0.25) is 5.82 Å². The molecule has 0 atom stereocenters. The van der Waals surface area contributed by atoms with E-state index in [1.807, 2.05) is 67.7 Å². The number of nitrogens with one attached hydrogen (secondary N) is 1. The van der Waals surface area contributed by atoms with Crippen molar-refractivity contribution < 1.29 is 4.52 Å². The molecule has 5 nitrogen and oxygen atoms in total. The van der Waals surface area contributed by atoms with Gasteiger partial charge in [-0.25, -0.2) is 0 Å².